The summed E-state index contributed by atoms with van der Waals surface area (Å²) in [6, 6.07) is 0. The average Bonchev–Trinajstić information content (AvgIpc) is 2.59. The Labute approximate surface area is 63.9 Å². The summed E-state index contributed by atoms with van der Waals surface area (Å²) in [5.41, 5.74) is 0. The van der Waals surface area contributed by atoms with Crippen LogP contribution >= 0.6 is 11.3 Å². The van der Waals surface area contributed by atoms with Gasteiger partial charge in [-0.05, 0) is 12.8 Å². The number of aromatic nitrogens is 1. The summed E-state index contributed by atoms with van der Waals surface area (Å²) in [5.74, 6) is 0. The molecular weight excluding hydrogens is 146 g/mol. The van der Waals surface area contributed by atoms with Crippen LogP contribution < -0.4 is 0 Å². The van der Waals surface area contributed by atoms with Crippen molar-refractivity contribution in [3.8, 4) is 0 Å². The van der Waals surface area contributed by atoms with Gasteiger partial charge in [-0.2, -0.15) is 0 Å². The molecule has 1 aliphatic heterocycles. The maximum Gasteiger partial charge on any atom is 0.121 e. The van der Waals surface area contributed by atoms with Gasteiger partial charge in [0.05, 0.1) is 0 Å². The second-order valence-corrected chi connectivity index (χ2v) is 3.30. The van der Waals surface area contributed by atoms with E-state index in [1.54, 1.807) is 11.3 Å². The van der Waals surface area contributed by atoms with E-state index < -0.39 is 0 Å². The van der Waals surface area contributed by atoms with Gasteiger partial charge in [0.25, 0.3) is 0 Å². The van der Waals surface area contributed by atoms with E-state index in [2.05, 4.69) is 4.98 Å². The van der Waals surface area contributed by atoms with Crippen molar-refractivity contribution in [2.45, 2.75) is 18.9 Å². The van der Waals surface area contributed by atoms with Crippen molar-refractivity contribution in [2.75, 3.05) is 6.61 Å². The van der Waals surface area contributed by atoms with Gasteiger partial charge in [0, 0.05) is 18.2 Å². The first kappa shape index (κ1) is 6.31. The molecule has 1 unspecified atom stereocenters. The van der Waals surface area contributed by atoms with Crippen LogP contribution in [-0.4, -0.2) is 11.6 Å². The minimum absolute atomic E-state index is 0.306. The van der Waals surface area contributed by atoms with Gasteiger partial charge in [-0.25, -0.2) is 4.98 Å². The van der Waals surface area contributed by atoms with Crippen LogP contribution in [0.25, 0.3) is 0 Å². The highest BCUT2D eigenvalue weighted by Gasteiger charge is 2.19. The minimum atomic E-state index is 0.306. The predicted octanol–water partition coefficient (Wildman–Crippen LogP) is 1.99. The normalized spacial score (nSPS) is 25.4. The summed E-state index contributed by atoms with van der Waals surface area (Å²) in [5, 5.41) is 3.13. The first-order chi connectivity index (χ1) is 4.97. The maximum absolute atomic E-state index is 5.45. The van der Waals surface area contributed by atoms with Crippen LogP contribution in [-0.2, 0) is 4.74 Å². The number of nitrogens with zero attached hydrogens (tertiary/aromatic N) is 1. The van der Waals surface area contributed by atoms with E-state index in [-0.39, 0.29) is 0 Å². The van der Waals surface area contributed by atoms with Gasteiger partial charge >= 0.3 is 0 Å². The molecule has 0 N–H and O–H groups in total. The van der Waals surface area contributed by atoms with Gasteiger partial charge < -0.3 is 4.74 Å². The van der Waals surface area contributed by atoms with Crippen molar-refractivity contribution in [3.63, 3.8) is 0 Å². The van der Waals surface area contributed by atoms with Crippen molar-refractivity contribution in [3.05, 3.63) is 16.6 Å². The van der Waals surface area contributed by atoms with E-state index in [1.807, 2.05) is 11.6 Å². The zero-order valence-corrected chi connectivity index (χ0v) is 6.43. The number of hydrogen-bond acceptors (Lipinski definition) is 3. The monoisotopic (exact) mass is 155 g/mol. The lowest BCUT2D eigenvalue weighted by molar-refractivity contribution is 0.111. The van der Waals surface area contributed by atoms with Crippen LogP contribution in [0.5, 0.6) is 0 Å². The van der Waals surface area contributed by atoms with Crippen molar-refractivity contribution in [2.24, 2.45) is 0 Å². The van der Waals surface area contributed by atoms with E-state index in [4.69, 9.17) is 4.74 Å². The number of rotatable bonds is 1. The Hall–Kier alpha value is -0.410. The van der Waals surface area contributed by atoms with Gasteiger partial charge in [0.2, 0.25) is 0 Å². The lowest BCUT2D eigenvalue weighted by Gasteiger charge is -2.02. The first-order valence-corrected chi connectivity index (χ1v) is 4.36. The van der Waals surface area contributed by atoms with Gasteiger partial charge in [-0.15, -0.1) is 11.3 Å². The fourth-order valence-electron chi connectivity index (χ4n) is 1.17. The lowest BCUT2D eigenvalue weighted by atomic mass is 10.2. The number of ether oxygens (including phenoxy) is 1. The van der Waals surface area contributed by atoms with Crippen LogP contribution in [0.2, 0.25) is 0 Å². The third-order valence-corrected chi connectivity index (χ3v) is 2.52. The summed E-state index contributed by atoms with van der Waals surface area (Å²) in [6.45, 7) is 0.907. The molecule has 2 rings (SSSR count). The Kier molecular flexibility index (Phi) is 1.69. The molecule has 3 heteroatoms. The van der Waals surface area contributed by atoms with Gasteiger partial charge in [0.15, 0.2) is 0 Å². The molecule has 2 nitrogen and oxygen atoms in total. The van der Waals surface area contributed by atoms with Crippen molar-refractivity contribution < 1.29 is 4.74 Å². The largest absolute Gasteiger partial charge is 0.371 e. The highest BCUT2D eigenvalue weighted by molar-refractivity contribution is 7.09. The van der Waals surface area contributed by atoms with Crippen molar-refractivity contribution >= 4 is 11.3 Å². The van der Waals surface area contributed by atoms with Crippen molar-refractivity contribution in [1.29, 1.82) is 0 Å². The molecule has 1 saturated heterocycles. The zero-order chi connectivity index (χ0) is 6.81. The number of hydrogen-bond donors (Lipinski definition) is 0. The molecule has 1 fully saturated rings. The average molecular weight is 155 g/mol. The molecule has 10 heavy (non-hydrogen) atoms. The Bertz CT molecular complexity index is 191. The predicted molar refractivity (Wildman–Crippen MR) is 40.0 cm³/mol. The standard InChI is InChI=1S/C7H9NOS/c1-2-6(9-4-1)7-8-3-5-10-7/h3,5-6H,1-2,4H2. The summed E-state index contributed by atoms with van der Waals surface area (Å²) in [6.07, 6.45) is 4.47. The summed E-state index contributed by atoms with van der Waals surface area (Å²) in [4.78, 5) is 4.19. The second-order valence-electron chi connectivity index (χ2n) is 2.37. The van der Waals surface area contributed by atoms with Gasteiger partial charge in [-0.3, -0.25) is 0 Å². The van der Waals surface area contributed by atoms with E-state index in [0.717, 1.165) is 18.0 Å². The maximum atomic E-state index is 5.45. The molecule has 1 atom stereocenters. The van der Waals surface area contributed by atoms with Crippen LogP contribution in [0.4, 0.5) is 0 Å². The highest BCUT2D eigenvalue weighted by atomic mass is 32.1. The Morgan fingerprint density at radius 3 is 3.30 bits per heavy atom. The quantitative estimate of drug-likeness (QED) is 0.618. The van der Waals surface area contributed by atoms with E-state index in [0.29, 0.717) is 6.10 Å². The minimum Gasteiger partial charge on any atom is -0.371 e. The lowest BCUT2D eigenvalue weighted by Crippen LogP contribution is -1.93. The summed E-state index contributed by atoms with van der Waals surface area (Å²) < 4.78 is 5.45. The Balaban J connectivity index is 2.12. The van der Waals surface area contributed by atoms with Crippen LogP contribution in [0, 0.1) is 0 Å². The van der Waals surface area contributed by atoms with Crippen molar-refractivity contribution in [1.82, 2.24) is 4.98 Å². The van der Waals surface area contributed by atoms with E-state index in [9.17, 15) is 0 Å². The molecule has 2 heterocycles. The van der Waals surface area contributed by atoms with E-state index in [1.165, 1.54) is 6.42 Å². The molecule has 0 radical (unpaired) electrons. The fourth-order valence-corrected chi connectivity index (χ4v) is 1.89. The van der Waals surface area contributed by atoms with E-state index >= 15 is 0 Å². The smallest absolute Gasteiger partial charge is 0.121 e. The first-order valence-electron chi connectivity index (χ1n) is 3.48. The Morgan fingerprint density at radius 2 is 2.70 bits per heavy atom. The molecule has 0 aromatic carbocycles. The molecule has 1 aromatic rings. The molecule has 0 bridgehead atoms. The molecule has 0 amide bonds. The Morgan fingerprint density at radius 1 is 1.70 bits per heavy atom. The van der Waals surface area contributed by atoms with Crippen LogP contribution in [0.3, 0.4) is 0 Å². The zero-order valence-electron chi connectivity index (χ0n) is 5.62. The van der Waals surface area contributed by atoms with Crippen LogP contribution in [0.1, 0.15) is 24.0 Å². The third kappa shape index (κ3) is 1.07. The highest BCUT2D eigenvalue weighted by Crippen LogP contribution is 2.29. The molecule has 54 valence electrons. The fraction of sp³-hybridized carbons (Fsp3) is 0.571. The van der Waals surface area contributed by atoms with Gasteiger partial charge in [0.1, 0.15) is 11.1 Å². The molecule has 0 saturated carbocycles. The second kappa shape index (κ2) is 2.68. The molecular formula is C7H9NOS. The number of thiazole rings is 1. The van der Waals surface area contributed by atoms with Crippen LogP contribution in [0.15, 0.2) is 11.6 Å². The molecule has 0 aliphatic carbocycles. The molecule has 1 aromatic heterocycles. The summed E-state index contributed by atoms with van der Waals surface area (Å²) >= 11 is 1.68. The molecule has 1 aliphatic rings. The third-order valence-electron chi connectivity index (χ3n) is 1.66. The molecule has 0 spiro atoms. The van der Waals surface area contributed by atoms with Gasteiger partial charge in [-0.1, -0.05) is 0 Å². The SMILES string of the molecule is c1csc(C2CCCO2)n1. The summed E-state index contributed by atoms with van der Waals surface area (Å²) in [7, 11) is 0. The topological polar surface area (TPSA) is 22.1 Å².